The zero-order valence-electron chi connectivity index (χ0n) is 13.6. The van der Waals surface area contributed by atoms with Crippen LogP contribution >= 0.6 is 23.4 Å². The third-order valence-electron chi connectivity index (χ3n) is 4.66. The lowest BCUT2D eigenvalue weighted by Crippen LogP contribution is -2.22. The Labute approximate surface area is 157 Å². The van der Waals surface area contributed by atoms with Crippen LogP contribution in [0.25, 0.3) is 21.9 Å². The average Bonchev–Trinajstić information content (AvgIpc) is 3.19. The van der Waals surface area contributed by atoms with Crippen molar-refractivity contribution in [1.29, 1.82) is 0 Å². The van der Waals surface area contributed by atoms with Crippen LogP contribution in [0.2, 0.25) is 5.02 Å². The second-order valence-corrected chi connectivity index (χ2v) is 7.77. The highest BCUT2D eigenvalue weighted by atomic mass is 35.5. The van der Waals surface area contributed by atoms with Gasteiger partial charge in [0.05, 0.1) is 5.52 Å². The van der Waals surface area contributed by atoms with Gasteiger partial charge in [0.1, 0.15) is 16.9 Å². The van der Waals surface area contributed by atoms with Gasteiger partial charge in [0, 0.05) is 29.3 Å². The number of nitrogens with zero attached hydrogens (tertiary/aromatic N) is 3. The predicted molar refractivity (Wildman–Crippen MR) is 103 cm³/mol. The van der Waals surface area contributed by atoms with Crippen molar-refractivity contribution in [3.63, 3.8) is 0 Å². The first-order chi connectivity index (χ1) is 12.6. The topological polar surface area (TPSA) is 39.8 Å². The van der Waals surface area contributed by atoms with Crippen LogP contribution in [0.5, 0.6) is 0 Å². The van der Waals surface area contributed by atoms with Gasteiger partial charge in [0.25, 0.3) is 5.56 Å². The minimum Gasteiger partial charge on any atom is -0.330 e. The highest BCUT2D eigenvalue weighted by Crippen LogP contribution is 2.31. The number of benzene rings is 2. The van der Waals surface area contributed by atoms with Crippen molar-refractivity contribution in [2.24, 2.45) is 0 Å². The number of thioether (sulfide) groups is 1. The maximum atomic E-state index is 13.9. The summed E-state index contributed by atoms with van der Waals surface area (Å²) in [6.07, 6.45) is 0. The van der Waals surface area contributed by atoms with Crippen molar-refractivity contribution >= 4 is 45.3 Å². The zero-order valence-corrected chi connectivity index (χ0v) is 15.1. The highest BCUT2D eigenvalue weighted by molar-refractivity contribution is 7.99. The van der Waals surface area contributed by atoms with Gasteiger partial charge in [0.2, 0.25) is 0 Å². The van der Waals surface area contributed by atoms with Crippen LogP contribution in [0.15, 0.2) is 52.4 Å². The quantitative estimate of drug-likeness (QED) is 0.483. The Balaban J connectivity index is 1.86. The third-order valence-corrected chi connectivity index (χ3v) is 5.85. The fraction of sp³-hybridized carbons (Fsp3) is 0.158. The molecule has 0 unspecified atom stereocenters. The van der Waals surface area contributed by atoms with Gasteiger partial charge in [-0.1, -0.05) is 35.5 Å². The number of aromatic nitrogens is 3. The lowest BCUT2D eigenvalue weighted by Gasteiger charge is -2.09. The van der Waals surface area contributed by atoms with Gasteiger partial charge in [0.15, 0.2) is 5.16 Å². The molecule has 2 aromatic heterocycles. The number of hydrogen-bond acceptors (Lipinski definition) is 3. The summed E-state index contributed by atoms with van der Waals surface area (Å²) < 4.78 is 17.5. The molecule has 0 bridgehead atoms. The molecule has 1 aliphatic rings. The van der Waals surface area contributed by atoms with E-state index in [1.165, 1.54) is 12.1 Å². The Morgan fingerprint density at radius 2 is 2.12 bits per heavy atom. The molecule has 0 atom stereocenters. The molecular formula is C19H13ClFN3OS. The summed E-state index contributed by atoms with van der Waals surface area (Å²) in [5.41, 5.74) is 2.76. The zero-order chi connectivity index (χ0) is 17.8. The Kier molecular flexibility index (Phi) is 3.58. The molecule has 0 radical (unpaired) electrons. The molecule has 0 fully saturated rings. The average molecular weight is 386 g/mol. The molecule has 3 heterocycles. The normalized spacial score (nSPS) is 13.6. The lowest BCUT2D eigenvalue weighted by atomic mass is 10.2. The Morgan fingerprint density at radius 1 is 1.23 bits per heavy atom. The van der Waals surface area contributed by atoms with Crippen LogP contribution in [-0.2, 0) is 13.1 Å². The highest BCUT2D eigenvalue weighted by Gasteiger charge is 2.22. The fourth-order valence-electron chi connectivity index (χ4n) is 3.53. The van der Waals surface area contributed by atoms with E-state index in [0.717, 1.165) is 16.8 Å². The summed E-state index contributed by atoms with van der Waals surface area (Å²) in [6.45, 7) is 1.12. The molecule has 0 amide bonds. The second-order valence-electron chi connectivity index (χ2n) is 6.27. The summed E-state index contributed by atoms with van der Waals surface area (Å²) in [7, 11) is 0. The van der Waals surface area contributed by atoms with Crippen LogP contribution in [0, 0.1) is 5.82 Å². The lowest BCUT2D eigenvalue weighted by molar-refractivity contribution is 0.629. The molecule has 5 rings (SSSR count). The van der Waals surface area contributed by atoms with Gasteiger partial charge >= 0.3 is 0 Å². The minimum absolute atomic E-state index is 0.0753. The standard InChI is InChI=1S/C19H13ClFN3OS/c20-12-3-1-2-11(8-12)10-24-15-5-4-13(21)9-14(15)16-17(24)18(25)23-6-7-26-19(23)22-16/h1-5,8-9H,6-7,10H2. The number of rotatable bonds is 2. The van der Waals surface area contributed by atoms with Crippen LogP contribution in [0.1, 0.15) is 5.56 Å². The van der Waals surface area contributed by atoms with E-state index >= 15 is 0 Å². The van der Waals surface area contributed by atoms with Gasteiger partial charge in [-0.05, 0) is 35.9 Å². The molecule has 1 aliphatic heterocycles. The van der Waals surface area contributed by atoms with Crippen molar-refractivity contribution in [1.82, 2.24) is 14.1 Å². The van der Waals surface area contributed by atoms with Gasteiger partial charge in [-0.3, -0.25) is 9.36 Å². The first-order valence-corrected chi connectivity index (χ1v) is 9.58. The molecule has 0 saturated heterocycles. The molecule has 0 spiro atoms. The van der Waals surface area contributed by atoms with E-state index in [9.17, 15) is 9.18 Å². The minimum atomic E-state index is -0.339. The predicted octanol–water partition coefficient (Wildman–Crippen LogP) is 4.30. The van der Waals surface area contributed by atoms with Gasteiger partial charge in [-0.2, -0.15) is 0 Å². The molecule has 7 heteroatoms. The van der Waals surface area contributed by atoms with Crippen molar-refractivity contribution in [3.8, 4) is 0 Å². The Bertz CT molecular complexity index is 1250. The summed E-state index contributed by atoms with van der Waals surface area (Å²) in [5.74, 6) is 0.490. The third kappa shape index (κ3) is 2.36. The van der Waals surface area contributed by atoms with Gasteiger partial charge < -0.3 is 4.57 Å². The maximum absolute atomic E-state index is 13.9. The van der Waals surface area contributed by atoms with E-state index < -0.39 is 0 Å². The molecule has 0 saturated carbocycles. The largest absolute Gasteiger partial charge is 0.330 e. The summed E-state index contributed by atoms with van der Waals surface area (Å²) >= 11 is 7.67. The number of hydrogen-bond donors (Lipinski definition) is 0. The van der Waals surface area contributed by atoms with Gasteiger partial charge in [-0.25, -0.2) is 9.37 Å². The molecule has 2 aromatic carbocycles. The van der Waals surface area contributed by atoms with E-state index in [0.29, 0.717) is 39.7 Å². The molecule has 0 aliphatic carbocycles. The van der Waals surface area contributed by atoms with E-state index in [1.807, 2.05) is 28.8 Å². The molecule has 0 N–H and O–H groups in total. The van der Waals surface area contributed by atoms with Crippen molar-refractivity contribution in [3.05, 3.63) is 69.2 Å². The van der Waals surface area contributed by atoms with E-state index in [4.69, 9.17) is 11.6 Å². The Morgan fingerprint density at radius 3 is 2.96 bits per heavy atom. The van der Waals surface area contributed by atoms with Crippen LogP contribution in [0.4, 0.5) is 4.39 Å². The number of fused-ring (bicyclic) bond motifs is 4. The summed E-state index contributed by atoms with van der Waals surface area (Å²) in [4.78, 5) is 17.8. The SMILES string of the molecule is O=c1c2c(nc3n1CCS3)c1cc(F)ccc1n2Cc1cccc(Cl)c1. The molecule has 130 valence electrons. The monoisotopic (exact) mass is 385 g/mol. The van der Waals surface area contributed by atoms with Gasteiger partial charge in [-0.15, -0.1) is 0 Å². The molecular weight excluding hydrogens is 373 g/mol. The fourth-order valence-corrected chi connectivity index (χ4v) is 4.68. The van der Waals surface area contributed by atoms with Crippen LogP contribution in [0.3, 0.4) is 0 Å². The first-order valence-electron chi connectivity index (χ1n) is 8.21. The maximum Gasteiger partial charge on any atom is 0.278 e. The molecule has 26 heavy (non-hydrogen) atoms. The van der Waals surface area contributed by atoms with E-state index in [2.05, 4.69) is 4.98 Å². The molecule has 4 nitrogen and oxygen atoms in total. The summed E-state index contributed by atoms with van der Waals surface area (Å²) in [6, 6.07) is 12.1. The van der Waals surface area contributed by atoms with Crippen molar-refractivity contribution < 1.29 is 4.39 Å². The van der Waals surface area contributed by atoms with E-state index in [1.54, 1.807) is 22.4 Å². The van der Waals surface area contributed by atoms with Crippen LogP contribution in [-0.4, -0.2) is 19.9 Å². The number of halogens is 2. The second kappa shape index (κ2) is 5.86. The van der Waals surface area contributed by atoms with Crippen molar-refractivity contribution in [2.45, 2.75) is 18.2 Å². The summed E-state index contributed by atoms with van der Waals surface area (Å²) in [5, 5.41) is 2.00. The van der Waals surface area contributed by atoms with E-state index in [-0.39, 0.29) is 11.4 Å². The Hall–Kier alpha value is -2.31. The van der Waals surface area contributed by atoms with Crippen molar-refractivity contribution in [2.75, 3.05) is 5.75 Å². The smallest absolute Gasteiger partial charge is 0.278 e. The van der Waals surface area contributed by atoms with Crippen LogP contribution < -0.4 is 5.56 Å². The molecule has 4 aromatic rings. The first kappa shape index (κ1) is 15.9.